The highest BCUT2D eigenvalue weighted by Gasteiger charge is 2.53. The van der Waals surface area contributed by atoms with Crippen LogP contribution in [-0.2, 0) is 11.3 Å². The van der Waals surface area contributed by atoms with Gasteiger partial charge in [-0.05, 0) is 42.7 Å². The maximum Gasteiger partial charge on any atom is 0.321 e. The van der Waals surface area contributed by atoms with Gasteiger partial charge in [0.2, 0.25) is 5.91 Å². The standard InChI is InChI=1S/C22H25N3O3/c1-28-19-9-7-17(8-10-19)15-25-16-22(20(25)26)11-13-24(14-12-22)21(27)23-18-5-3-2-4-6-18/h2-10H,11-16H2,1H3,(H,23,27). The van der Waals surface area contributed by atoms with E-state index in [0.29, 0.717) is 19.6 Å². The van der Waals surface area contributed by atoms with Crippen molar-refractivity contribution in [2.24, 2.45) is 5.41 Å². The van der Waals surface area contributed by atoms with Crippen molar-refractivity contribution in [2.75, 3.05) is 32.1 Å². The Morgan fingerprint density at radius 2 is 1.75 bits per heavy atom. The smallest absolute Gasteiger partial charge is 0.321 e. The third-order valence-corrected chi connectivity index (χ3v) is 5.80. The fourth-order valence-corrected chi connectivity index (χ4v) is 4.06. The number of hydrogen-bond donors (Lipinski definition) is 1. The maximum absolute atomic E-state index is 12.8. The first-order valence-corrected chi connectivity index (χ1v) is 9.63. The number of amides is 3. The Morgan fingerprint density at radius 1 is 1.07 bits per heavy atom. The van der Waals surface area contributed by atoms with E-state index in [1.54, 1.807) is 12.0 Å². The van der Waals surface area contributed by atoms with Crippen molar-refractivity contribution in [3.8, 4) is 5.75 Å². The minimum atomic E-state index is -0.282. The van der Waals surface area contributed by atoms with Gasteiger partial charge in [-0.2, -0.15) is 0 Å². The molecule has 1 N–H and O–H groups in total. The second-order valence-electron chi connectivity index (χ2n) is 7.57. The minimum Gasteiger partial charge on any atom is -0.497 e. The summed E-state index contributed by atoms with van der Waals surface area (Å²) in [6.07, 6.45) is 1.46. The van der Waals surface area contributed by atoms with Crippen LogP contribution in [0.3, 0.4) is 0 Å². The number of piperidine rings is 1. The number of para-hydroxylation sites is 1. The number of methoxy groups -OCH3 is 1. The Kier molecular flexibility index (Phi) is 4.94. The summed E-state index contributed by atoms with van der Waals surface area (Å²) in [6, 6.07) is 17.2. The Balaban J connectivity index is 1.29. The molecule has 3 amide bonds. The number of β-lactam (4-membered cyclic amide) rings is 1. The van der Waals surface area contributed by atoms with E-state index in [1.165, 1.54) is 0 Å². The van der Waals surface area contributed by atoms with E-state index >= 15 is 0 Å². The topological polar surface area (TPSA) is 61.9 Å². The molecule has 0 atom stereocenters. The van der Waals surface area contributed by atoms with Crippen LogP contribution in [0.5, 0.6) is 5.75 Å². The predicted molar refractivity (Wildman–Crippen MR) is 107 cm³/mol. The molecule has 2 aromatic carbocycles. The summed E-state index contributed by atoms with van der Waals surface area (Å²) in [6.45, 7) is 2.62. The quantitative estimate of drug-likeness (QED) is 0.829. The van der Waals surface area contributed by atoms with Crippen molar-refractivity contribution in [1.82, 2.24) is 9.80 Å². The summed E-state index contributed by atoms with van der Waals surface area (Å²) in [5, 5.41) is 2.92. The van der Waals surface area contributed by atoms with Crippen LogP contribution >= 0.6 is 0 Å². The van der Waals surface area contributed by atoms with Crippen LogP contribution < -0.4 is 10.1 Å². The van der Waals surface area contributed by atoms with Crippen molar-refractivity contribution < 1.29 is 14.3 Å². The van der Waals surface area contributed by atoms with Gasteiger partial charge in [0.1, 0.15) is 5.75 Å². The fourth-order valence-electron chi connectivity index (χ4n) is 4.06. The lowest BCUT2D eigenvalue weighted by molar-refractivity contribution is -0.165. The second-order valence-corrected chi connectivity index (χ2v) is 7.57. The maximum atomic E-state index is 12.8. The molecule has 2 fully saturated rings. The van der Waals surface area contributed by atoms with Gasteiger partial charge in [-0.25, -0.2) is 4.79 Å². The van der Waals surface area contributed by atoms with Gasteiger partial charge in [0.15, 0.2) is 0 Å². The van der Waals surface area contributed by atoms with Gasteiger partial charge < -0.3 is 19.9 Å². The van der Waals surface area contributed by atoms with Crippen LogP contribution in [0.15, 0.2) is 54.6 Å². The van der Waals surface area contributed by atoms with E-state index < -0.39 is 0 Å². The van der Waals surface area contributed by atoms with Crippen molar-refractivity contribution in [1.29, 1.82) is 0 Å². The van der Waals surface area contributed by atoms with Crippen LogP contribution in [0.2, 0.25) is 0 Å². The molecule has 28 heavy (non-hydrogen) atoms. The average molecular weight is 379 g/mol. The number of rotatable bonds is 4. The number of likely N-dealkylation sites (tertiary alicyclic amines) is 2. The Bertz CT molecular complexity index is 843. The number of nitrogens with zero attached hydrogens (tertiary/aromatic N) is 2. The predicted octanol–water partition coefficient (Wildman–Crippen LogP) is 3.35. The van der Waals surface area contributed by atoms with Gasteiger partial charge in [0.25, 0.3) is 0 Å². The average Bonchev–Trinajstić information content (AvgIpc) is 2.75. The summed E-state index contributed by atoms with van der Waals surface area (Å²) >= 11 is 0. The molecule has 2 aliphatic heterocycles. The molecule has 2 aromatic rings. The molecule has 4 rings (SSSR count). The van der Waals surface area contributed by atoms with E-state index in [-0.39, 0.29) is 17.4 Å². The highest BCUT2D eigenvalue weighted by molar-refractivity contribution is 5.91. The number of ether oxygens (including phenoxy) is 1. The van der Waals surface area contributed by atoms with E-state index in [9.17, 15) is 9.59 Å². The molecule has 0 saturated carbocycles. The van der Waals surface area contributed by atoms with Gasteiger partial charge >= 0.3 is 6.03 Å². The normalized spacial score (nSPS) is 18.0. The van der Waals surface area contributed by atoms with Crippen LogP contribution in [0.25, 0.3) is 0 Å². The number of benzene rings is 2. The van der Waals surface area contributed by atoms with Gasteiger partial charge in [0.05, 0.1) is 12.5 Å². The van der Waals surface area contributed by atoms with Crippen LogP contribution in [0, 0.1) is 5.41 Å². The molecule has 0 aliphatic carbocycles. The molecule has 6 heteroatoms. The van der Waals surface area contributed by atoms with Crippen LogP contribution in [0.1, 0.15) is 18.4 Å². The van der Waals surface area contributed by atoms with Gasteiger partial charge in [0, 0.05) is 31.9 Å². The van der Waals surface area contributed by atoms with Crippen LogP contribution in [0.4, 0.5) is 10.5 Å². The first-order valence-electron chi connectivity index (χ1n) is 9.63. The monoisotopic (exact) mass is 379 g/mol. The molecule has 2 aliphatic rings. The van der Waals surface area contributed by atoms with Crippen molar-refractivity contribution >= 4 is 17.6 Å². The lowest BCUT2D eigenvalue weighted by Crippen LogP contribution is -2.64. The van der Waals surface area contributed by atoms with E-state index in [1.807, 2.05) is 59.5 Å². The van der Waals surface area contributed by atoms with E-state index in [4.69, 9.17) is 4.74 Å². The number of nitrogens with one attached hydrogen (secondary N) is 1. The van der Waals surface area contributed by atoms with E-state index in [0.717, 1.165) is 36.4 Å². The molecule has 2 saturated heterocycles. The summed E-state index contributed by atoms with van der Waals surface area (Å²) in [4.78, 5) is 29.0. The zero-order chi connectivity index (χ0) is 19.6. The number of anilines is 1. The molecule has 0 aromatic heterocycles. The highest BCUT2D eigenvalue weighted by Crippen LogP contribution is 2.42. The molecule has 0 radical (unpaired) electrons. The lowest BCUT2D eigenvalue weighted by atomic mass is 9.71. The summed E-state index contributed by atoms with van der Waals surface area (Å²) in [5.41, 5.74) is 1.61. The van der Waals surface area contributed by atoms with Crippen molar-refractivity contribution in [2.45, 2.75) is 19.4 Å². The molecular weight excluding hydrogens is 354 g/mol. The molecule has 1 spiro atoms. The first-order chi connectivity index (χ1) is 13.6. The molecule has 6 nitrogen and oxygen atoms in total. The number of hydrogen-bond acceptors (Lipinski definition) is 3. The zero-order valence-electron chi connectivity index (χ0n) is 16.1. The fraction of sp³-hybridized carbons (Fsp3) is 0.364. The number of carbonyl (C=O) groups is 2. The number of carbonyl (C=O) groups excluding carboxylic acids is 2. The Morgan fingerprint density at radius 3 is 2.36 bits per heavy atom. The summed E-state index contributed by atoms with van der Waals surface area (Å²) in [7, 11) is 1.64. The molecular formula is C22H25N3O3. The highest BCUT2D eigenvalue weighted by atomic mass is 16.5. The van der Waals surface area contributed by atoms with Gasteiger partial charge in [-0.15, -0.1) is 0 Å². The minimum absolute atomic E-state index is 0.0945. The molecule has 0 bridgehead atoms. The van der Waals surface area contributed by atoms with Gasteiger partial charge in [-0.1, -0.05) is 30.3 Å². The Labute approximate surface area is 165 Å². The third kappa shape index (κ3) is 3.54. The van der Waals surface area contributed by atoms with Crippen molar-refractivity contribution in [3.05, 3.63) is 60.2 Å². The lowest BCUT2D eigenvalue weighted by Gasteiger charge is -2.52. The largest absolute Gasteiger partial charge is 0.497 e. The van der Waals surface area contributed by atoms with Gasteiger partial charge in [-0.3, -0.25) is 4.79 Å². The summed E-state index contributed by atoms with van der Waals surface area (Å²) in [5.74, 6) is 1.03. The SMILES string of the molecule is COc1ccc(CN2CC3(CCN(C(=O)Nc4ccccc4)CC3)C2=O)cc1. The second kappa shape index (κ2) is 7.54. The number of urea groups is 1. The summed E-state index contributed by atoms with van der Waals surface area (Å²) < 4.78 is 5.17. The first kappa shape index (κ1) is 18.3. The van der Waals surface area contributed by atoms with Crippen LogP contribution in [-0.4, -0.2) is 48.5 Å². The zero-order valence-corrected chi connectivity index (χ0v) is 16.1. The molecule has 0 unspecified atom stereocenters. The third-order valence-electron chi connectivity index (χ3n) is 5.80. The Hall–Kier alpha value is -3.02. The molecule has 146 valence electrons. The van der Waals surface area contributed by atoms with Crippen molar-refractivity contribution in [3.63, 3.8) is 0 Å². The molecule has 2 heterocycles. The van der Waals surface area contributed by atoms with E-state index in [2.05, 4.69) is 5.32 Å².